The smallest absolute Gasteiger partial charge is 0.323 e. The SMILES string of the molecule is CCCC(CC(C)(C)O)(C(=O)O)C(=O)OCC. The van der Waals surface area contributed by atoms with E-state index in [2.05, 4.69) is 0 Å². The minimum Gasteiger partial charge on any atom is -0.480 e. The topological polar surface area (TPSA) is 83.8 Å². The van der Waals surface area contributed by atoms with Crippen LogP contribution in [0.1, 0.15) is 47.0 Å². The van der Waals surface area contributed by atoms with Crippen molar-refractivity contribution >= 4 is 11.9 Å². The quantitative estimate of drug-likeness (QED) is 0.526. The highest BCUT2D eigenvalue weighted by molar-refractivity contribution is 5.99. The Balaban J connectivity index is 5.27. The van der Waals surface area contributed by atoms with Crippen LogP contribution >= 0.6 is 0 Å². The Hall–Kier alpha value is -1.10. The van der Waals surface area contributed by atoms with Crippen LogP contribution in [-0.4, -0.2) is 34.4 Å². The number of hydrogen-bond donors (Lipinski definition) is 2. The normalized spacial score (nSPS) is 15.1. The highest BCUT2D eigenvalue weighted by Crippen LogP contribution is 2.35. The van der Waals surface area contributed by atoms with Gasteiger partial charge in [0.1, 0.15) is 0 Å². The molecule has 2 N–H and O–H groups in total. The second-order valence-electron chi connectivity index (χ2n) is 4.85. The standard InChI is InChI=1S/C12H22O5/c1-5-7-12(9(13)14,8-11(3,4)16)10(15)17-6-2/h16H,5-8H2,1-4H3,(H,13,14). The third-order valence-corrected chi connectivity index (χ3v) is 2.49. The first-order valence-corrected chi connectivity index (χ1v) is 5.82. The van der Waals surface area contributed by atoms with Gasteiger partial charge in [0.05, 0.1) is 12.2 Å². The molecule has 5 heteroatoms. The van der Waals surface area contributed by atoms with E-state index in [4.69, 9.17) is 4.74 Å². The van der Waals surface area contributed by atoms with Crippen LogP contribution in [0, 0.1) is 5.41 Å². The minimum absolute atomic E-state index is 0.128. The first kappa shape index (κ1) is 15.9. The number of aliphatic carboxylic acids is 1. The number of ether oxygens (including phenoxy) is 1. The summed E-state index contributed by atoms with van der Waals surface area (Å²) in [7, 11) is 0. The number of carboxylic acids is 1. The van der Waals surface area contributed by atoms with Crippen LogP contribution in [0.5, 0.6) is 0 Å². The molecule has 0 amide bonds. The number of aliphatic hydroxyl groups is 1. The van der Waals surface area contributed by atoms with Crippen molar-refractivity contribution in [2.45, 2.75) is 52.6 Å². The number of hydrogen-bond acceptors (Lipinski definition) is 4. The summed E-state index contributed by atoms with van der Waals surface area (Å²) in [5, 5.41) is 19.1. The van der Waals surface area contributed by atoms with E-state index in [-0.39, 0.29) is 19.4 Å². The van der Waals surface area contributed by atoms with Gasteiger partial charge in [0.15, 0.2) is 5.41 Å². The summed E-state index contributed by atoms with van der Waals surface area (Å²) < 4.78 is 4.84. The van der Waals surface area contributed by atoms with E-state index in [9.17, 15) is 19.8 Å². The van der Waals surface area contributed by atoms with Crippen molar-refractivity contribution in [1.82, 2.24) is 0 Å². The van der Waals surface area contributed by atoms with Crippen molar-refractivity contribution < 1.29 is 24.5 Å². The molecule has 0 aliphatic heterocycles. The predicted molar refractivity (Wildman–Crippen MR) is 62.5 cm³/mol. The van der Waals surface area contributed by atoms with E-state index in [0.29, 0.717) is 6.42 Å². The van der Waals surface area contributed by atoms with Crippen LogP contribution in [0.25, 0.3) is 0 Å². The predicted octanol–water partition coefficient (Wildman–Crippen LogP) is 1.58. The minimum atomic E-state index is -1.65. The lowest BCUT2D eigenvalue weighted by atomic mass is 9.75. The molecule has 0 aromatic carbocycles. The molecule has 100 valence electrons. The maximum Gasteiger partial charge on any atom is 0.323 e. The fourth-order valence-corrected chi connectivity index (χ4v) is 1.97. The van der Waals surface area contributed by atoms with Crippen LogP contribution in [0.2, 0.25) is 0 Å². The van der Waals surface area contributed by atoms with E-state index >= 15 is 0 Å². The summed E-state index contributed by atoms with van der Waals surface area (Å²) in [6.07, 6.45) is 0.536. The molecular weight excluding hydrogens is 224 g/mol. The zero-order valence-electron chi connectivity index (χ0n) is 10.9. The molecular formula is C12H22O5. The Morgan fingerprint density at radius 2 is 1.76 bits per heavy atom. The fourth-order valence-electron chi connectivity index (χ4n) is 1.97. The second-order valence-corrected chi connectivity index (χ2v) is 4.85. The average Bonchev–Trinajstić information content (AvgIpc) is 2.14. The molecule has 0 heterocycles. The van der Waals surface area contributed by atoms with Crippen LogP contribution in [-0.2, 0) is 14.3 Å². The highest BCUT2D eigenvalue weighted by atomic mass is 16.5. The van der Waals surface area contributed by atoms with Crippen molar-refractivity contribution in [3.8, 4) is 0 Å². The summed E-state index contributed by atoms with van der Waals surface area (Å²) in [6, 6.07) is 0. The Bertz CT molecular complexity index is 279. The van der Waals surface area contributed by atoms with Gasteiger partial charge in [-0.05, 0) is 27.2 Å². The molecule has 0 spiro atoms. The number of carbonyl (C=O) groups is 2. The van der Waals surface area contributed by atoms with Gasteiger partial charge < -0.3 is 14.9 Å². The van der Waals surface area contributed by atoms with E-state index in [1.54, 1.807) is 13.8 Å². The molecule has 0 aliphatic carbocycles. The summed E-state index contributed by atoms with van der Waals surface area (Å²) in [4.78, 5) is 23.3. The summed E-state index contributed by atoms with van der Waals surface area (Å²) in [6.45, 7) is 6.52. The third kappa shape index (κ3) is 4.34. The largest absolute Gasteiger partial charge is 0.480 e. The zero-order valence-corrected chi connectivity index (χ0v) is 10.9. The van der Waals surface area contributed by atoms with Crippen molar-refractivity contribution in [3.63, 3.8) is 0 Å². The van der Waals surface area contributed by atoms with Crippen LogP contribution in [0.3, 0.4) is 0 Å². The Kier molecular flexibility index (Phi) is 5.61. The maximum atomic E-state index is 11.9. The van der Waals surface area contributed by atoms with E-state index in [1.807, 2.05) is 0 Å². The lowest BCUT2D eigenvalue weighted by Gasteiger charge is -2.32. The van der Waals surface area contributed by atoms with Gasteiger partial charge in [-0.3, -0.25) is 9.59 Å². The molecule has 0 aromatic rings. The maximum absolute atomic E-state index is 11.9. The molecule has 1 unspecified atom stereocenters. The second kappa shape index (κ2) is 6.00. The van der Waals surface area contributed by atoms with Gasteiger partial charge in [-0.25, -0.2) is 0 Å². The van der Waals surface area contributed by atoms with Gasteiger partial charge in [0, 0.05) is 6.42 Å². The molecule has 5 nitrogen and oxygen atoms in total. The zero-order chi connectivity index (χ0) is 13.7. The number of carboxylic acid groups (broad SMARTS) is 1. The van der Waals surface area contributed by atoms with Gasteiger partial charge in [0.25, 0.3) is 0 Å². The van der Waals surface area contributed by atoms with Gasteiger partial charge >= 0.3 is 11.9 Å². The fraction of sp³-hybridized carbons (Fsp3) is 0.833. The molecule has 0 saturated heterocycles. The number of esters is 1. The molecule has 0 rings (SSSR count). The van der Waals surface area contributed by atoms with Crippen LogP contribution in [0.4, 0.5) is 0 Å². The van der Waals surface area contributed by atoms with Crippen molar-refractivity contribution in [2.75, 3.05) is 6.61 Å². The lowest BCUT2D eigenvalue weighted by Crippen LogP contribution is -2.45. The lowest BCUT2D eigenvalue weighted by molar-refractivity contribution is -0.174. The first-order chi connectivity index (χ1) is 7.69. The molecule has 17 heavy (non-hydrogen) atoms. The van der Waals surface area contributed by atoms with Gasteiger partial charge in [-0.15, -0.1) is 0 Å². The van der Waals surface area contributed by atoms with E-state index < -0.39 is 23.0 Å². The number of carbonyl (C=O) groups excluding carboxylic acids is 1. The van der Waals surface area contributed by atoms with E-state index in [0.717, 1.165) is 0 Å². The molecule has 0 fully saturated rings. The Labute approximate surface area is 102 Å². The molecule has 0 bridgehead atoms. The third-order valence-electron chi connectivity index (χ3n) is 2.49. The average molecular weight is 246 g/mol. The van der Waals surface area contributed by atoms with Gasteiger partial charge in [0.2, 0.25) is 0 Å². The Morgan fingerprint density at radius 1 is 1.24 bits per heavy atom. The first-order valence-electron chi connectivity index (χ1n) is 5.82. The monoisotopic (exact) mass is 246 g/mol. The van der Waals surface area contributed by atoms with Gasteiger partial charge in [-0.1, -0.05) is 13.3 Å². The molecule has 1 atom stereocenters. The molecule has 0 radical (unpaired) electrons. The molecule has 0 saturated carbocycles. The summed E-state index contributed by atoms with van der Waals surface area (Å²) in [5.74, 6) is -2.00. The van der Waals surface area contributed by atoms with Crippen molar-refractivity contribution in [3.05, 3.63) is 0 Å². The van der Waals surface area contributed by atoms with Gasteiger partial charge in [-0.2, -0.15) is 0 Å². The number of rotatable bonds is 7. The summed E-state index contributed by atoms with van der Waals surface area (Å²) >= 11 is 0. The Morgan fingerprint density at radius 3 is 2.06 bits per heavy atom. The van der Waals surface area contributed by atoms with E-state index in [1.165, 1.54) is 13.8 Å². The van der Waals surface area contributed by atoms with Crippen molar-refractivity contribution in [1.29, 1.82) is 0 Å². The van der Waals surface area contributed by atoms with Crippen LogP contribution in [0.15, 0.2) is 0 Å². The molecule has 0 aromatic heterocycles. The van der Waals surface area contributed by atoms with Crippen LogP contribution < -0.4 is 0 Å². The van der Waals surface area contributed by atoms with Crippen molar-refractivity contribution in [2.24, 2.45) is 5.41 Å². The highest BCUT2D eigenvalue weighted by Gasteiger charge is 2.49. The summed E-state index contributed by atoms with van der Waals surface area (Å²) in [5.41, 5.74) is -2.89. The molecule has 0 aliphatic rings.